The molecule has 2 unspecified atom stereocenters. The number of nitrogens with zero attached hydrogens (tertiary/aromatic N) is 1. The number of carbonyl (C=O) groups excluding carboxylic acids is 1. The van der Waals surface area contributed by atoms with E-state index in [1.807, 2.05) is 20.8 Å². The van der Waals surface area contributed by atoms with Gasteiger partial charge in [0, 0.05) is 26.2 Å². The van der Waals surface area contributed by atoms with E-state index in [1.165, 1.54) is 0 Å². The van der Waals surface area contributed by atoms with Crippen LogP contribution in [0.2, 0.25) is 0 Å². The van der Waals surface area contributed by atoms with Gasteiger partial charge in [-0.1, -0.05) is 20.8 Å². The van der Waals surface area contributed by atoms with Crippen molar-refractivity contribution in [1.29, 1.82) is 0 Å². The number of carboxylic acids is 1. The van der Waals surface area contributed by atoms with Gasteiger partial charge in [-0.25, -0.2) is 4.79 Å². The van der Waals surface area contributed by atoms with Crippen LogP contribution in [0.1, 0.15) is 40.0 Å². The smallest absolute Gasteiger partial charge is 0.317 e. The maximum Gasteiger partial charge on any atom is 0.317 e. The van der Waals surface area contributed by atoms with Crippen molar-refractivity contribution in [3.8, 4) is 0 Å². The van der Waals surface area contributed by atoms with E-state index < -0.39 is 12.0 Å². The molecule has 116 valence electrons. The van der Waals surface area contributed by atoms with Gasteiger partial charge in [0.05, 0.1) is 12.5 Å². The second kappa shape index (κ2) is 6.92. The van der Waals surface area contributed by atoms with Crippen LogP contribution in [0.5, 0.6) is 0 Å². The number of hydrogen-bond donors (Lipinski definition) is 2. The van der Waals surface area contributed by atoms with Gasteiger partial charge in [0.15, 0.2) is 0 Å². The third-order valence-corrected chi connectivity index (χ3v) is 3.72. The Morgan fingerprint density at radius 1 is 1.45 bits per heavy atom. The lowest BCUT2D eigenvalue weighted by Crippen LogP contribution is -2.53. The summed E-state index contributed by atoms with van der Waals surface area (Å²) in [6.07, 6.45) is 1.86. The monoisotopic (exact) mass is 286 g/mol. The number of carbonyl (C=O) groups is 2. The van der Waals surface area contributed by atoms with Crippen molar-refractivity contribution < 1.29 is 19.4 Å². The minimum absolute atomic E-state index is 0.0714. The Labute approximate surface area is 120 Å². The Morgan fingerprint density at radius 3 is 2.60 bits per heavy atom. The van der Waals surface area contributed by atoms with Crippen LogP contribution in [-0.2, 0) is 9.53 Å². The van der Waals surface area contributed by atoms with Crippen LogP contribution < -0.4 is 5.32 Å². The minimum atomic E-state index is -0.904. The van der Waals surface area contributed by atoms with E-state index in [0.29, 0.717) is 13.1 Å². The Kier molecular flexibility index (Phi) is 5.80. The van der Waals surface area contributed by atoms with Crippen LogP contribution >= 0.6 is 0 Å². The first-order chi connectivity index (χ1) is 9.24. The molecule has 0 aromatic carbocycles. The molecule has 2 atom stereocenters. The van der Waals surface area contributed by atoms with E-state index in [4.69, 9.17) is 9.84 Å². The number of likely N-dealkylation sites (tertiary alicyclic amines) is 1. The fraction of sp³-hybridized carbons (Fsp3) is 0.857. The largest absolute Gasteiger partial charge is 0.481 e. The second-order valence-electron chi connectivity index (χ2n) is 6.41. The molecule has 1 rings (SSSR count). The SMILES string of the molecule is COC1CCCN(C(=O)NC(CC(=O)O)C(C)(C)C)C1. The first kappa shape index (κ1) is 16.8. The fourth-order valence-electron chi connectivity index (χ4n) is 2.30. The molecular formula is C14H26N2O4. The first-order valence-electron chi connectivity index (χ1n) is 7.04. The van der Waals surface area contributed by atoms with Crippen molar-refractivity contribution in [3.63, 3.8) is 0 Å². The van der Waals surface area contributed by atoms with Crippen LogP contribution in [-0.4, -0.2) is 54.4 Å². The molecule has 0 radical (unpaired) electrons. The summed E-state index contributed by atoms with van der Waals surface area (Å²) >= 11 is 0. The molecule has 6 nitrogen and oxygen atoms in total. The molecule has 0 aromatic rings. The lowest BCUT2D eigenvalue weighted by atomic mass is 9.85. The molecule has 0 saturated carbocycles. The fourth-order valence-corrected chi connectivity index (χ4v) is 2.30. The molecule has 0 bridgehead atoms. The molecule has 1 fully saturated rings. The molecule has 20 heavy (non-hydrogen) atoms. The Morgan fingerprint density at radius 2 is 2.10 bits per heavy atom. The van der Waals surface area contributed by atoms with Gasteiger partial charge >= 0.3 is 12.0 Å². The zero-order valence-electron chi connectivity index (χ0n) is 12.8. The van der Waals surface area contributed by atoms with Crippen molar-refractivity contribution in [2.45, 2.75) is 52.2 Å². The Bertz CT molecular complexity index is 352. The highest BCUT2D eigenvalue weighted by atomic mass is 16.5. The van der Waals surface area contributed by atoms with E-state index in [2.05, 4.69) is 5.32 Å². The summed E-state index contributed by atoms with van der Waals surface area (Å²) in [5.41, 5.74) is -0.301. The summed E-state index contributed by atoms with van der Waals surface area (Å²) in [6, 6.07) is -0.594. The van der Waals surface area contributed by atoms with Gasteiger partial charge in [-0.3, -0.25) is 4.79 Å². The highest BCUT2D eigenvalue weighted by Gasteiger charge is 2.31. The molecular weight excluding hydrogens is 260 g/mol. The third-order valence-electron chi connectivity index (χ3n) is 3.72. The van der Waals surface area contributed by atoms with Crippen molar-refractivity contribution in [3.05, 3.63) is 0 Å². The minimum Gasteiger partial charge on any atom is -0.481 e. The number of urea groups is 1. The average Bonchev–Trinajstić information content (AvgIpc) is 2.36. The number of ether oxygens (including phenoxy) is 1. The van der Waals surface area contributed by atoms with Gasteiger partial charge < -0.3 is 20.1 Å². The summed E-state index contributed by atoms with van der Waals surface area (Å²) in [5, 5.41) is 11.8. The van der Waals surface area contributed by atoms with E-state index in [1.54, 1.807) is 12.0 Å². The molecule has 0 aromatic heterocycles. The number of rotatable bonds is 4. The third kappa shape index (κ3) is 5.00. The molecule has 1 heterocycles. The van der Waals surface area contributed by atoms with E-state index in [0.717, 1.165) is 12.8 Å². The van der Waals surface area contributed by atoms with Crippen molar-refractivity contribution in [2.75, 3.05) is 20.2 Å². The topological polar surface area (TPSA) is 78.9 Å². The number of carboxylic acid groups (broad SMARTS) is 1. The van der Waals surface area contributed by atoms with Crippen LogP contribution in [0.3, 0.4) is 0 Å². The molecule has 0 spiro atoms. The zero-order valence-corrected chi connectivity index (χ0v) is 12.8. The van der Waals surface area contributed by atoms with E-state index in [9.17, 15) is 9.59 Å². The van der Waals surface area contributed by atoms with Crippen LogP contribution in [0.15, 0.2) is 0 Å². The second-order valence-corrected chi connectivity index (χ2v) is 6.41. The van der Waals surface area contributed by atoms with Gasteiger partial charge in [-0.05, 0) is 18.3 Å². The van der Waals surface area contributed by atoms with Crippen LogP contribution in [0.25, 0.3) is 0 Å². The van der Waals surface area contributed by atoms with Crippen LogP contribution in [0.4, 0.5) is 4.79 Å². The average molecular weight is 286 g/mol. The number of methoxy groups -OCH3 is 1. The Hall–Kier alpha value is -1.30. The number of piperidine rings is 1. The normalized spacial score (nSPS) is 21.4. The van der Waals surface area contributed by atoms with E-state index in [-0.39, 0.29) is 24.0 Å². The van der Waals surface area contributed by atoms with Crippen LogP contribution in [0, 0.1) is 5.41 Å². The molecule has 1 aliphatic heterocycles. The van der Waals surface area contributed by atoms with Gasteiger partial charge in [0.25, 0.3) is 0 Å². The molecule has 0 aliphatic carbocycles. The maximum atomic E-state index is 12.3. The van der Waals surface area contributed by atoms with Crippen molar-refractivity contribution >= 4 is 12.0 Å². The van der Waals surface area contributed by atoms with Gasteiger partial charge in [0.1, 0.15) is 0 Å². The summed E-state index contributed by atoms with van der Waals surface area (Å²) in [4.78, 5) is 24.9. The molecule has 6 heteroatoms. The number of nitrogens with one attached hydrogen (secondary N) is 1. The maximum absolute atomic E-state index is 12.3. The van der Waals surface area contributed by atoms with Gasteiger partial charge in [0.2, 0.25) is 0 Å². The van der Waals surface area contributed by atoms with E-state index >= 15 is 0 Å². The summed E-state index contributed by atoms with van der Waals surface area (Å²) in [7, 11) is 1.65. The molecule has 1 saturated heterocycles. The standard InChI is InChI=1S/C14H26N2O4/c1-14(2,3)11(8-12(17)18)15-13(19)16-7-5-6-10(9-16)20-4/h10-11H,5-9H2,1-4H3,(H,15,19)(H,17,18). The predicted molar refractivity (Wildman–Crippen MR) is 75.6 cm³/mol. The van der Waals surface area contributed by atoms with Gasteiger partial charge in [-0.2, -0.15) is 0 Å². The number of amides is 2. The van der Waals surface area contributed by atoms with Crippen molar-refractivity contribution in [2.24, 2.45) is 5.41 Å². The quantitative estimate of drug-likeness (QED) is 0.824. The number of aliphatic carboxylic acids is 1. The summed E-state index contributed by atoms with van der Waals surface area (Å²) in [6.45, 7) is 7.03. The number of hydrogen-bond acceptors (Lipinski definition) is 3. The highest BCUT2D eigenvalue weighted by molar-refractivity contribution is 5.76. The highest BCUT2D eigenvalue weighted by Crippen LogP contribution is 2.22. The molecule has 2 N–H and O–H groups in total. The van der Waals surface area contributed by atoms with Gasteiger partial charge in [-0.15, -0.1) is 0 Å². The first-order valence-corrected chi connectivity index (χ1v) is 7.04. The van der Waals surface area contributed by atoms with Crippen molar-refractivity contribution in [1.82, 2.24) is 10.2 Å². The lowest BCUT2D eigenvalue weighted by molar-refractivity contribution is -0.138. The summed E-state index contributed by atoms with van der Waals surface area (Å²) in [5.74, 6) is -0.904. The molecule has 1 aliphatic rings. The zero-order chi connectivity index (χ0) is 15.3. The summed E-state index contributed by atoms with van der Waals surface area (Å²) < 4.78 is 5.29. The predicted octanol–water partition coefficient (Wildman–Crippen LogP) is 1.70. The lowest BCUT2D eigenvalue weighted by Gasteiger charge is -2.36. The molecule has 2 amide bonds. The Balaban J connectivity index is 2.63.